The zero-order valence-electron chi connectivity index (χ0n) is 12.9. The van der Waals surface area contributed by atoms with Gasteiger partial charge < -0.3 is 0 Å². The number of thioether (sulfide) groups is 1. The minimum Gasteiger partial charge on any atom is -0.298 e. The van der Waals surface area contributed by atoms with Gasteiger partial charge in [-0.05, 0) is 44.4 Å². The Kier molecular flexibility index (Phi) is 4.17. The quantitative estimate of drug-likeness (QED) is 0.782. The topological polar surface area (TPSA) is 6.48 Å². The van der Waals surface area contributed by atoms with Crippen molar-refractivity contribution in [1.82, 2.24) is 9.80 Å². The zero-order valence-corrected chi connectivity index (χ0v) is 13.7. The molecular weight excluding hydrogens is 252 g/mol. The molecule has 1 aliphatic carbocycles. The molecule has 0 bridgehead atoms. The van der Waals surface area contributed by atoms with Crippen LogP contribution >= 0.6 is 11.8 Å². The van der Waals surface area contributed by atoms with E-state index in [1.807, 2.05) is 0 Å². The molecule has 3 rings (SSSR count). The van der Waals surface area contributed by atoms with Crippen LogP contribution in [0.2, 0.25) is 0 Å². The molecule has 0 N–H and O–H groups in total. The van der Waals surface area contributed by atoms with Gasteiger partial charge in [-0.3, -0.25) is 9.80 Å². The largest absolute Gasteiger partial charge is 0.298 e. The Morgan fingerprint density at radius 3 is 2.58 bits per heavy atom. The zero-order chi connectivity index (χ0) is 13.5. The number of hydrogen-bond acceptors (Lipinski definition) is 3. The van der Waals surface area contributed by atoms with Crippen LogP contribution in [0.3, 0.4) is 0 Å². The highest BCUT2D eigenvalue weighted by molar-refractivity contribution is 8.00. The minimum absolute atomic E-state index is 0.605. The third-order valence-corrected chi connectivity index (χ3v) is 7.20. The van der Waals surface area contributed by atoms with Gasteiger partial charge in [0.15, 0.2) is 0 Å². The average Bonchev–Trinajstić information content (AvgIpc) is 2.79. The van der Waals surface area contributed by atoms with Crippen LogP contribution in [0.4, 0.5) is 0 Å². The third-order valence-electron chi connectivity index (χ3n) is 5.79. The van der Waals surface area contributed by atoms with Gasteiger partial charge in [0, 0.05) is 36.5 Å². The molecule has 0 aromatic heterocycles. The molecule has 0 radical (unpaired) electrons. The van der Waals surface area contributed by atoms with Gasteiger partial charge in [-0.1, -0.05) is 20.3 Å². The van der Waals surface area contributed by atoms with E-state index < -0.39 is 0 Å². The summed E-state index contributed by atoms with van der Waals surface area (Å²) in [5.41, 5.74) is 0. The van der Waals surface area contributed by atoms with Crippen LogP contribution in [-0.2, 0) is 0 Å². The lowest BCUT2D eigenvalue weighted by atomic mass is 9.82. The molecule has 0 aromatic rings. The highest BCUT2D eigenvalue weighted by Gasteiger charge is 2.43. The molecule has 0 amide bonds. The number of fused-ring (bicyclic) bond motifs is 1. The van der Waals surface area contributed by atoms with E-state index in [9.17, 15) is 0 Å². The number of piperazine rings is 1. The van der Waals surface area contributed by atoms with Gasteiger partial charge in [0.1, 0.15) is 0 Å². The van der Waals surface area contributed by atoms with Crippen molar-refractivity contribution in [3.63, 3.8) is 0 Å². The molecule has 110 valence electrons. The Labute approximate surface area is 123 Å². The fourth-order valence-electron chi connectivity index (χ4n) is 4.29. The summed E-state index contributed by atoms with van der Waals surface area (Å²) in [6, 6.07) is 1.66. The molecule has 0 aromatic carbocycles. The maximum atomic E-state index is 2.87. The van der Waals surface area contributed by atoms with E-state index in [-0.39, 0.29) is 0 Å². The molecule has 3 heteroatoms. The molecule has 2 aliphatic heterocycles. The van der Waals surface area contributed by atoms with Crippen LogP contribution in [0.25, 0.3) is 0 Å². The van der Waals surface area contributed by atoms with Gasteiger partial charge in [0.2, 0.25) is 0 Å². The van der Waals surface area contributed by atoms with E-state index in [4.69, 9.17) is 0 Å². The second-order valence-electron chi connectivity index (χ2n) is 7.27. The van der Waals surface area contributed by atoms with Crippen molar-refractivity contribution in [3.8, 4) is 0 Å². The second kappa shape index (κ2) is 5.57. The molecule has 2 saturated heterocycles. The van der Waals surface area contributed by atoms with Crippen molar-refractivity contribution in [2.45, 2.75) is 62.8 Å². The Balaban J connectivity index is 1.69. The molecule has 1 saturated carbocycles. The highest BCUT2D eigenvalue weighted by atomic mass is 32.2. The van der Waals surface area contributed by atoms with E-state index in [2.05, 4.69) is 41.7 Å². The monoisotopic (exact) mass is 282 g/mol. The first kappa shape index (κ1) is 14.2. The highest BCUT2D eigenvalue weighted by Crippen LogP contribution is 2.44. The van der Waals surface area contributed by atoms with Crippen LogP contribution in [-0.4, -0.2) is 59.1 Å². The summed E-state index contributed by atoms with van der Waals surface area (Å²) in [6.07, 6.45) is 9.55. The van der Waals surface area contributed by atoms with Crippen LogP contribution < -0.4 is 0 Å². The van der Waals surface area contributed by atoms with Crippen molar-refractivity contribution in [2.75, 3.05) is 32.4 Å². The Morgan fingerprint density at radius 1 is 1.21 bits per heavy atom. The van der Waals surface area contributed by atoms with Crippen LogP contribution in [0, 0.1) is 5.92 Å². The Bertz CT molecular complexity index is 308. The number of hydrogen-bond donors (Lipinski definition) is 0. The lowest BCUT2D eigenvalue weighted by Gasteiger charge is -2.51. The van der Waals surface area contributed by atoms with Gasteiger partial charge in [-0.25, -0.2) is 0 Å². The van der Waals surface area contributed by atoms with E-state index in [0.29, 0.717) is 4.75 Å². The van der Waals surface area contributed by atoms with E-state index >= 15 is 0 Å². The first-order valence-electron chi connectivity index (χ1n) is 8.17. The first-order chi connectivity index (χ1) is 9.13. The lowest BCUT2D eigenvalue weighted by molar-refractivity contribution is 0.0165. The molecule has 2 nitrogen and oxygen atoms in total. The molecule has 2 unspecified atom stereocenters. The normalized spacial score (nSPS) is 35.4. The second-order valence-corrected chi connectivity index (χ2v) is 8.55. The minimum atomic E-state index is 0.605. The standard InChI is InChI=1S/C16H30N2S/c1-13(2)15-11-17-9-4-6-14(17)10-18(15)12-16(19-3)7-5-8-16/h13-15H,4-12H2,1-3H3. The summed E-state index contributed by atoms with van der Waals surface area (Å²) in [5, 5.41) is 0. The summed E-state index contributed by atoms with van der Waals surface area (Å²) in [6.45, 7) is 10.2. The van der Waals surface area contributed by atoms with Crippen LogP contribution in [0.1, 0.15) is 46.0 Å². The van der Waals surface area contributed by atoms with Crippen molar-refractivity contribution < 1.29 is 0 Å². The third kappa shape index (κ3) is 2.71. The molecule has 19 heavy (non-hydrogen) atoms. The Morgan fingerprint density at radius 2 is 2.00 bits per heavy atom. The summed E-state index contributed by atoms with van der Waals surface area (Å²) in [4.78, 5) is 5.64. The van der Waals surface area contributed by atoms with Gasteiger partial charge in [-0.2, -0.15) is 11.8 Å². The maximum Gasteiger partial charge on any atom is 0.0284 e. The molecule has 0 spiro atoms. The van der Waals surface area contributed by atoms with Crippen molar-refractivity contribution in [1.29, 1.82) is 0 Å². The van der Waals surface area contributed by atoms with Gasteiger partial charge in [0.05, 0.1) is 0 Å². The van der Waals surface area contributed by atoms with Gasteiger partial charge >= 0.3 is 0 Å². The summed E-state index contributed by atoms with van der Waals surface area (Å²) >= 11 is 2.14. The van der Waals surface area contributed by atoms with Crippen molar-refractivity contribution >= 4 is 11.8 Å². The van der Waals surface area contributed by atoms with Crippen LogP contribution in [0.15, 0.2) is 0 Å². The summed E-state index contributed by atoms with van der Waals surface area (Å²) in [7, 11) is 0. The van der Waals surface area contributed by atoms with Crippen molar-refractivity contribution in [2.24, 2.45) is 5.92 Å². The van der Waals surface area contributed by atoms with Gasteiger partial charge in [0.25, 0.3) is 0 Å². The fraction of sp³-hybridized carbons (Fsp3) is 1.00. The number of nitrogens with zero attached hydrogens (tertiary/aromatic N) is 2. The fourth-order valence-corrected chi connectivity index (χ4v) is 5.28. The summed E-state index contributed by atoms with van der Waals surface area (Å²) < 4.78 is 0.605. The van der Waals surface area contributed by atoms with E-state index in [0.717, 1.165) is 18.0 Å². The van der Waals surface area contributed by atoms with Gasteiger partial charge in [-0.15, -0.1) is 0 Å². The first-order valence-corrected chi connectivity index (χ1v) is 9.39. The number of rotatable bonds is 4. The SMILES string of the molecule is CSC1(CN2CC3CCCN3CC2C(C)C)CCC1. The predicted molar refractivity (Wildman–Crippen MR) is 84.9 cm³/mol. The lowest BCUT2D eigenvalue weighted by Crippen LogP contribution is -2.61. The molecule has 2 heterocycles. The Hall–Kier alpha value is 0.270. The smallest absolute Gasteiger partial charge is 0.0284 e. The predicted octanol–water partition coefficient (Wildman–Crippen LogP) is 3.08. The molecule has 3 fully saturated rings. The van der Waals surface area contributed by atoms with Crippen LogP contribution in [0.5, 0.6) is 0 Å². The molecule has 3 aliphatic rings. The average molecular weight is 282 g/mol. The molecule has 2 atom stereocenters. The molecular formula is C16H30N2S. The summed E-state index contributed by atoms with van der Waals surface area (Å²) in [5.74, 6) is 0.792. The maximum absolute atomic E-state index is 2.87. The van der Waals surface area contributed by atoms with E-state index in [1.165, 1.54) is 58.3 Å². The van der Waals surface area contributed by atoms with E-state index in [1.54, 1.807) is 0 Å². The van der Waals surface area contributed by atoms with Crippen molar-refractivity contribution in [3.05, 3.63) is 0 Å².